The Kier molecular flexibility index (Phi) is 8.84. The van der Waals surface area contributed by atoms with Gasteiger partial charge in [0, 0.05) is 5.02 Å². The second-order valence-electron chi connectivity index (χ2n) is 6.25. The third-order valence-corrected chi connectivity index (χ3v) is 4.17. The van der Waals surface area contributed by atoms with E-state index in [1.807, 2.05) is 13.8 Å². The van der Waals surface area contributed by atoms with Crippen LogP contribution in [0, 0.1) is 5.92 Å². The highest BCUT2D eigenvalue weighted by molar-refractivity contribution is 6.35. The van der Waals surface area contributed by atoms with Crippen LogP contribution in [-0.2, 0) is 9.59 Å². The first-order valence-electron chi connectivity index (χ1n) is 8.06. The topological polar surface area (TPSA) is 116 Å². The lowest BCUT2D eigenvalue weighted by Crippen LogP contribution is -2.45. The molecule has 0 aliphatic rings. The Bertz CT molecular complexity index is 667. The van der Waals surface area contributed by atoms with Crippen LogP contribution in [-0.4, -0.2) is 46.7 Å². The number of nitrogens with one attached hydrogen (secondary N) is 2. The highest BCUT2D eigenvalue weighted by Gasteiger charge is 2.23. The van der Waals surface area contributed by atoms with Gasteiger partial charge in [-0.1, -0.05) is 37.0 Å². The summed E-state index contributed by atoms with van der Waals surface area (Å²) in [5.74, 6) is -2.72. The number of amides is 1. The summed E-state index contributed by atoms with van der Waals surface area (Å²) in [4.78, 5) is 34.8. The third-order valence-electron chi connectivity index (χ3n) is 3.61. The fourth-order valence-corrected chi connectivity index (χ4v) is 2.69. The third kappa shape index (κ3) is 7.19. The molecule has 0 aliphatic heterocycles. The van der Waals surface area contributed by atoms with Gasteiger partial charge in [0.1, 0.15) is 12.1 Å². The molecule has 1 amide bonds. The molecular formula is C17H22Cl2N2O5. The average molecular weight is 405 g/mol. The van der Waals surface area contributed by atoms with Gasteiger partial charge >= 0.3 is 11.9 Å². The van der Waals surface area contributed by atoms with Gasteiger partial charge in [0.15, 0.2) is 0 Å². The highest BCUT2D eigenvalue weighted by Crippen LogP contribution is 2.20. The first kappa shape index (κ1) is 22.2. The van der Waals surface area contributed by atoms with Crippen LogP contribution in [0.3, 0.4) is 0 Å². The van der Waals surface area contributed by atoms with Crippen LogP contribution < -0.4 is 10.6 Å². The van der Waals surface area contributed by atoms with Crippen LogP contribution >= 0.6 is 23.2 Å². The summed E-state index contributed by atoms with van der Waals surface area (Å²) in [6, 6.07) is 2.33. The number of benzene rings is 1. The van der Waals surface area contributed by atoms with Gasteiger partial charge < -0.3 is 20.8 Å². The monoisotopic (exact) mass is 404 g/mol. The fourth-order valence-electron chi connectivity index (χ4n) is 2.31. The molecule has 0 aromatic heterocycles. The van der Waals surface area contributed by atoms with Gasteiger partial charge in [-0.2, -0.15) is 0 Å². The molecule has 1 unspecified atom stereocenters. The summed E-state index contributed by atoms with van der Waals surface area (Å²) in [6.45, 7) is 3.91. The summed E-state index contributed by atoms with van der Waals surface area (Å²) in [5.41, 5.74) is 0.0709. The minimum absolute atomic E-state index is 0.0150. The van der Waals surface area contributed by atoms with Crippen molar-refractivity contribution in [2.24, 2.45) is 5.92 Å². The van der Waals surface area contributed by atoms with E-state index in [1.165, 1.54) is 18.2 Å². The van der Waals surface area contributed by atoms with Crippen molar-refractivity contribution < 1.29 is 24.6 Å². The summed E-state index contributed by atoms with van der Waals surface area (Å²) in [5, 5.41) is 24.1. The van der Waals surface area contributed by atoms with Crippen LogP contribution in [0.5, 0.6) is 0 Å². The van der Waals surface area contributed by atoms with Gasteiger partial charge in [-0.05, 0) is 43.5 Å². The average Bonchev–Trinajstić information content (AvgIpc) is 2.54. The van der Waals surface area contributed by atoms with E-state index in [2.05, 4.69) is 10.6 Å². The molecule has 0 radical (unpaired) electrons. The Morgan fingerprint density at radius 3 is 2.23 bits per heavy atom. The molecule has 0 saturated heterocycles. The molecule has 0 bridgehead atoms. The van der Waals surface area contributed by atoms with Gasteiger partial charge in [0.2, 0.25) is 0 Å². The zero-order valence-corrected chi connectivity index (χ0v) is 16.0. The van der Waals surface area contributed by atoms with Gasteiger partial charge in [-0.3, -0.25) is 9.59 Å². The summed E-state index contributed by atoms with van der Waals surface area (Å²) >= 11 is 11.8. The molecule has 1 aromatic rings. The number of halogens is 2. The van der Waals surface area contributed by atoms with Gasteiger partial charge in [0.25, 0.3) is 5.91 Å². The molecule has 7 nitrogen and oxygen atoms in total. The van der Waals surface area contributed by atoms with E-state index in [1.54, 1.807) is 0 Å². The molecule has 144 valence electrons. The second-order valence-corrected chi connectivity index (χ2v) is 7.10. The number of carboxylic acid groups (broad SMARTS) is 2. The maximum atomic E-state index is 12.3. The number of hydrogen-bond donors (Lipinski definition) is 4. The highest BCUT2D eigenvalue weighted by atomic mass is 35.5. The maximum absolute atomic E-state index is 12.3. The SMILES string of the molecule is CC(C)C[C@H](NCCC(NC(=O)c1cc(Cl)ccc1Cl)C(=O)O)C(=O)O. The van der Waals surface area contributed by atoms with Crippen LogP contribution in [0.15, 0.2) is 18.2 Å². The molecule has 0 heterocycles. The van der Waals surface area contributed by atoms with E-state index >= 15 is 0 Å². The Morgan fingerprint density at radius 1 is 1.08 bits per heavy atom. The molecule has 2 atom stereocenters. The molecular weight excluding hydrogens is 383 g/mol. The molecule has 1 rings (SSSR count). The molecule has 0 spiro atoms. The Morgan fingerprint density at radius 2 is 1.69 bits per heavy atom. The van der Waals surface area contributed by atoms with Crippen LogP contribution in [0.2, 0.25) is 10.0 Å². The molecule has 0 saturated carbocycles. The van der Waals surface area contributed by atoms with Crippen LogP contribution in [0.1, 0.15) is 37.0 Å². The van der Waals surface area contributed by atoms with Crippen molar-refractivity contribution in [1.29, 1.82) is 0 Å². The second kappa shape index (κ2) is 10.4. The molecule has 9 heteroatoms. The largest absolute Gasteiger partial charge is 0.480 e. The predicted molar refractivity (Wildman–Crippen MR) is 98.9 cm³/mol. The minimum atomic E-state index is -1.23. The van der Waals surface area contributed by atoms with Gasteiger partial charge in [0.05, 0.1) is 10.6 Å². The number of hydrogen-bond acceptors (Lipinski definition) is 4. The van der Waals surface area contributed by atoms with Crippen LogP contribution in [0.4, 0.5) is 0 Å². The number of aliphatic carboxylic acids is 2. The summed E-state index contributed by atoms with van der Waals surface area (Å²) in [6.07, 6.45) is 0.429. The van der Waals surface area contributed by atoms with E-state index in [9.17, 15) is 24.6 Å². The number of carbonyl (C=O) groups is 3. The zero-order chi connectivity index (χ0) is 19.9. The standard InChI is InChI=1S/C17H22Cl2N2O5/c1-9(2)7-14(17(25)26)20-6-5-13(16(23)24)21-15(22)11-8-10(18)3-4-12(11)19/h3-4,8-9,13-14,20H,5-7H2,1-2H3,(H,21,22)(H,23,24)(H,25,26)/t13?,14-/m0/s1. The molecule has 0 fully saturated rings. The van der Waals surface area contributed by atoms with E-state index in [0.29, 0.717) is 11.4 Å². The Labute approximate surface area is 161 Å². The van der Waals surface area contributed by atoms with E-state index < -0.39 is 29.9 Å². The lowest BCUT2D eigenvalue weighted by Gasteiger charge is -2.19. The van der Waals surface area contributed by atoms with Gasteiger partial charge in [-0.25, -0.2) is 4.79 Å². The predicted octanol–water partition coefficient (Wildman–Crippen LogP) is 2.66. The first-order chi connectivity index (χ1) is 12.1. The first-order valence-corrected chi connectivity index (χ1v) is 8.82. The number of carboxylic acids is 2. The quantitative estimate of drug-likeness (QED) is 0.476. The van der Waals surface area contributed by atoms with Crippen molar-refractivity contribution >= 4 is 41.0 Å². The molecule has 1 aromatic carbocycles. The Hall–Kier alpha value is -1.83. The zero-order valence-electron chi connectivity index (χ0n) is 14.5. The van der Waals surface area contributed by atoms with Crippen molar-refractivity contribution in [3.63, 3.8) is 0 Å². The van der Waals surface area contributed by atoms with Crippen molar-refractivity contribution in [1.82, 2.24) is 10.6 Å². The maximum Gasteiger partial charge on any atom is 0.326 e. The van der Waals surface area contributed by atoms with Crippen molar-refractivity contribution in [2.45, 2.75) is 38.8 Å². The fraction of sp³-hybridized carbons (Fsp3) is 0.471. The number of rotatable bonds is 10. The molecule has 4 N–H and O–H groups in total. The molecule has 26 heavy (non-hydrogen) atoms. The van der Waals surface area contributed by atoms with E-state index in [4.69, 9.17) is 23.2 Å². The number of carbonyl (C=O) groups excluding carboxylic acids is 1. The Balaban J connectivity index is 2.69. The lowest BCUT2D eigenvalue weighted by atomic mass is 10.0. The smallest absolute Gasteiger partial charge is 0.326 e. The normalized spacial score (nSPS) is 13.3. The lowest BCUT2D eigenvalue weighted by molar-refractivity contribution is -0.140. The van der Waals surface area contributed by atoms with E-state index in [0.717, 1.165) is 0 Å². The van der Waals surface area contributed by atoms with Crippen molar-refractivity contribution in [2.75, 3.05) is 6.54 Å². The summed E-state index contributed by atoms with van der Waals surface area (Å²) in [7, 11) is 0. The van der Waals surface area contributed by atoms with Crippen LogP contribution in [0.25, 0.3) is 0 Å². The van der Waals surface area contributed by atoms with E-state index in [-0.39, 0.29) is 29.5 Å². The van der Waals surface area contributed by atoms with Crippen molar-refractivity contribution in [3.8, 4) is 0 Å². The van der Waals surface area contributed by atoms with Crippen molar-refractivity contribution in [3.05, 3.63) is 33.8 Å². The molecule has 0 aliphatic carbocycles. The van der Waals surface area contributed by atoms with Gasteiger partial charge in [-0.15, -0.1) is 0 Å². The summed E-state index contributed by atoms with van der Waals surface area (Å²) < 4.78 is 0. The minimum Gasteiger partial charge on any atom is -0.480 e.